The van der Waals surface area contributed by atoms with Crippen molar-refractivity contribution < 1.29 is 4.57 Å². The van der Waals surface area contributed by atoms with Crippen LogP contribution in [-0.4, -0.2) is 0 Å². The van der Waals surface area contributed by atoms with Crippen LogP contribution in [0.2, 0.25) is 0 Å². The third-order valence-electron chi connectivity index (χ3n) is 8.18. The Morgan fingerprint density at radius 2 is 1.08 bits per heavy atom. The molecule has 0 bridgehead atoms. The topological polar surface area (TPSA) is 17.1 Å². The molecule has 0 spiro atoms. The quantitative estimate of drug-likeness (QED) is 0.230. The second-order valence-corrected chi connectivity index (χ2v) is 12.9. The highest BCUT2D eigenvalue weighted by Crippen LogP contribution is 2.53. The van der Waals surface area contributed by atoms with E-state index in [1.165, 1.54) is 46.1 Å². The molecule has 0 saturated carbocycles. The van der Waals surface area contributed by atoms with Gasteiger partial charge in [-0.05, 0) is 70.7 Å². The van der Waals surface area contributed by atoms with Gasteiger partial charge < -0.3 is 4.57 Å². The van der Waals surface area contributed by atoms with Gasteiger partial charge in [0, 0.05) is 15.9 Å². The van der Waals surface area contributed by atoms with Crippen molar-refractivity contribution in [3.63, 3.8) is 0 Å². The third-order valence-corrected chi connectivity index (χ3v) is 11.4. The molecule has 2 aliphatic rings. The van der Waals surface area contributed by atoms with E-state index in [0.717, 1.165) is 40.6 Å². The van der Waals surface area contributed by atoms with Crippen LogP contribution in [0.4, 0.5) is 0 Å². The van der Waals surface area contributed by atoms with Gasteiger partial charge in [-0.1, -0.05) is 121 Å². The smallest absolute Gasteiger partial charge is 0.171 e. The maximum atomic E-state index is 15.8. The van der Waals surface area contributed by atoms with Crippen molar-refractivity contribution in [2.45, 2.75) is 32.1 Å². The highest BCUT2D eigenvalue weighted by molar-refractivity contribution is 7.85. The molecule has 2 heteroatoms. The van der Waals surface area contributed by atoms with Crippen molar-refractivity contribution in [3.05, 3.63) is 132 Å². The first-order valence-corrected chi connectivity index (χ1v) is 15.0. The van der Waals surface area contributed by atoms with Crippen molar-refractivity contribution in [2.24, 2.45) is 0 Å². The lowest BCUT2D eigenvalue weighted by atomic mass is 9.85. The normalized spacial score (nSPS) is 15.0. The van der Waals surface area contributed by atoms with Gasteiger partial charge in [-0.25, -0.2) is 0 Å². The highest BCUT2D eigenvalue weighted by atomic mass is 31.2. The number of allylic oxidation sites excluding steroid dienone is 2. The molecule has 180 valence electrons. The summed E-state index contributed by atoms with van der Waals surface area (Å²) in [6.07, 6.45) is 5.64. The van der Waals surface area contributed by atoms with Crippen LogP contribution in [0.1, 0.15) is 36.8 Å². The molecular weight excluding hydrogens is 467 g/mol. The van der Waals surface area contributed by atoms with E-state index >= 15 is 4.57 Å². The van der Waals surface area contributed by atoms with Gasteiger partial charge in [-0.2, -0.15) is 0 Å². The summed E-state index contributed by atoms with van der Waals surface area (Å²) in [6, 6.07) is 39.9. The van der Waals surface area contributed by atoms with Crippen LogP contribution in [0.25, 0.3) is 27.5 Å². The van der Waals surface area contributed by atoms with E-state index in [-0.39, 0.29) is 0 Å². The van der Waals surface area contributed by atoms with Crippen LogP contribution in [0, 0.1) is 0 Å². The molecule has 37 heavy (non-hydrogen) atoms. The maximum Gasteiger partial charge on any atom is 0.171 e. The molecule has 0 radical (unpaired) electrons. The second kappa shape index (κ2) is 9.02. The van der Waals surface area contributed by atoms with Crippen molar-refractivity contribution in [1.29, 1.82) is 0 Å². The van der Waals surface area contributed by atoms with Gasteiger partial charge in [0.05, 0.1) is 0 Å². The molecule has 2 aliphatic carbocycles. The van der Waals surface area contributed by atoms with Gasteiger partial charge in [-0.3, -0.25) is 0 Å². The van der Waals surface area contributed by atoms with E-state index in [4.69, 9.17) is 0 Å². The Kier molecular flexibility index (Phi) is 5.49. The van der Waals surface area contributed by atoms with Crippen molar-refractivity contribution in [3.8, 4) is 11.1 Å². The van der Waals surface area contributed by atoms with Crippen molar-refractivity contribution in [1.82, 2.24) is 0 Å². The summed E-state index contributed by atoms with van der Waals surface area (Å²) < 4.78 is 15.8. The SMILES string of the molecule is O=P(c1ccccc1)(c1ccccc1)c1c2c(c(-c3ccccc3)c3ccccc13)C1=C(CCCC1)C2. The van der Waals surface area contributed by atoms with Crippen molar-refractivity contribution >= 4 is 39.4 Å². The molecule has 0 atom stereocenters. The lowest BCUT2D eigenvalue weighted by Gasteiger charge is -2.27. The minimum atomic E-state index is -3.15. The van der Waals surface area contributed by atoms with E-state index in [2.05, 4.69) is 78.9 Å². The first-order valence-electron chi connectivity index (χ1n) is 13.3. The Morgan fingerprint density at radius 3 is 1.73 bits per heavy atom. The molecule has 7 rings (SSSR count). The minimum absolute atomic E-state index is 0.908. The van der Waals surface area contributed by atoms with Crippen LogP contribution in [0.3, 0.4) is 0 Å². The average Bonchev–Trinajstić information content (AvgIpc) is 3.35. The fraction of sp³-hybridized carbons (Fsp3) is 0.143. The Labute approximate surface area is 218 Å². The van der Waals surface area contributed by atoms with E-state index in [0.29, 0.717) is 0 Å². The van der Waals surface area contributed by atoms with Gasteiger partial charge in [-0.15, -0.1) is 0 Å². The zero-order valence-electron chi connectivity index (χ0n) is 20.9. The van der Waals surface area contributed by atoms with E-state index in [1.54, 1.807) is 5.57 Å². The van der Waals surface area contributed by atoms with E-state index < -0.39 is 7.14 Å². The van der Waals surface area contributed by atoms with E-state index in [9.17, 15) is 0 Å². The number of hydrogen-bond acceptors (Lipinski definition) is 1. The largest absolute Gasteiger partial charge is 0.309 e. The molecule has 0 unspecified atom stereocenters. The summed E-state index contributed by atoms with van der Waals surface area (Å²) in [7, 11) is -3.15. The Balaban J connectivity index is 1.67. The molecular formula is C35H29OP. The van der Waals surface area contributed by atoms with Crippen LogP contribution in [0.5, 0.6) is 0 Å². The van der Waals surface area contributed by atoms with Crippen molar-refractivity contribution in [2.75, 3.05) is 0 Å². The first-order chi connectivity index (χ1) is 18.3. The Bertz CT molecular complexity index is 1660. The molecule has 5 aromatic carbocycles. The van der Waals surface area contributed by atoms with Gasteiger partial charge in [0.1, 0.15) is 0 Å². The molecule has 0 aliphatic heterocycles. The lowest BCUT2D eigenvalue weighted by molar-refractivity contribution is 0.592. The summed E-state index contributed by atoms with van der Waals surface area (Å²) in [4.78, 5) is 0. The standard InChI is InChI=1S/C35H29OP/c36-37(27-17-6-2-7-18-27,28-19-8-3-9-20-28)35-31-23-13-12-22-30(31)33(25-14-4-1-5-15-25)34-29-21-11-10-16-26(29)24-32(34)35/h1-9,12-15,17-20,22-23H,10-11,16,21,24H2. The molecule has 1 nitrogen and oxygen atoms in total. The summed E-state index contributed by atoms with van der Waals surface area (Å²) in [5, 5.41) is 5.19. The monoisotopic (exact) mass is 496 g/mol. The van der Waals surface area contributed by atoms with Gasteiger partial charge in [0.25, 0.3) is 0 Å². The number of benzene rings is 5. The average molecular weight is 497 g/mol. The van der Waals surface area contributed by atoms with Crippen LogP contribution in [0.15, 0.2) is 121 Å². The molecule has 0 N–H and O–H groups in total. The molecule has 0 amide bonds. The summed E-state index contributed by atoms with van der Waals surface area (Å²) in [5.41, 5.74) is 8.29. The highest BCUT2D eigenvalue weighted by Gasteiger charge is 2.39. The van der Waals surface area contributed by atoms with E-state index in [1.807, 2.05) is 36.4 Å². The summed E-state index contributed by atoms with van der Waals surface area (Å²) in [6.45, 7) is 0. The predicted octanol–water partition coefficient (Wildman–Crippen LogP) is 8.03. The van der Waals surface area contributed by atoms with Crippen LogP contribution < -0.4 is 15.9 Å². The summed E-state index contributed by atoms with van der Waals surface area (Å²) in [5.74, 6) is 0. The van der Waals surface area contributed by atoms with Gasteiger partial charge in [0.2, 0.25) is 0 Å². The molecule has 0 fully saturated rings. The summed E-state index contributed by atoms with van der Waals surface area (Å²) >= 11 is 0. The fourth-order valence-corrected chi connectivity index (χ4v) is 9.71. The third kappa shape index (κ3) is 3.49. The molecule has 0 aromatic heterocycles. The number of hydrogen-bond donors (Lipinski definition) is 0. The minimum Gasteiger partial charge on any atom is -0.309 e. The fourth-order valence-electron chi connectivity index (χ4n) is 6.60. The predicted molar refractivity (Wildman–Crippen MR) is 158 cm³/mol. The zero-order valence-corrected chi connectivity index (χ0v) is 21.8. The lowest BCUT2D eigenvalue weighted by Crippen LogP contribution is -2.28. The Morgan fingerprint density at radius 1 is 0.541 bits per heavy atom. The van der Waals surface area contributed by atoms with Crippen LogP contribution >= 0.6 is 7.14 Å². The molecule has 0 heterocycles. The zero-order chi connectivity index (χ0) is 24.8. The van der Waals surface area contributed by atoms with Crippen LogP contribution in [-0.2, 0) is 11.0 Å². The molecule has 5 aromatic rings. The number of rotatable bonds is 4. The number of fused-ring (bicyclic) bond motifs is 3. The first kappa shape index (κ1) is 22.5. The molecule has 0 saturated heterocycles. The van der Waals surface area contributed by atoms with Gasteiger partial charge in [0.15, 0.2) is 7.14 Å². The second-order valence-electron chi connectivity index (χ2n) is 10.2. The Hall–Kier alpha value is -3.67. The maximum absolute atomic E-state index is 15.8. The van der Waals surface area contributed by atoms with Gasteiger partial charge >= 0.3 is 0 Å².